The third-order valence-corrected chi connectivity index (χ3v) is 6.01. The van der Waals surface area contributed by atoms with Crippen molar-refractivity contribution in [1.29, 1.82) is 0 Å². The van der Waals surface area contributed by atoms with Crippen molar-refractivity contribution in [3.63, 3.8) is 0 Å². The van der Waals surface area contributed by atoms with E-state index in [2.05, 4.69) is 38.8 Å². The van der Waals surface area contributed by atoms with Gasteiger partial charge in [0.1, 0.15) is 10.7 Å². The van der Waals surface area contributed by atoms with Gasteiger partial charge in [-0.1, -0.05) is 34.8 Å². The van der Waals surface area contributed by atoms with Gasteiger partial charge < -0.3 is 4.90 Å². The van der Waals surface area contributed by atoms with Crippen molar-refractivity contribution in [2.75, 3.05) is 13.1 Å². The molecule has 6 nitrogen and oxygen atoms in total. The molecular formula is C21H23N5OS. The molecule has 1 unspecified atom stereocenters. The predicted molar refractivity (Wildman–Crippen MR) is 109 cm³/mol. The highest BCUT2D eigenvalue weighted by atomic mass is 32.1. The molecule has 1 atom stereocenters. The van der Waals surface area contributed by atoms with Crippen molar-refractivity contribution >= 4 is 17.4 Å². The summed E-state index contributed by atoms with van der Waals surface area (Å²) in [5.74, 6) is 1.03. The standard InChI is InChI=1S/C21H23N5OS/c1-14-20(28-25-24-14)21(27)26-10-6-9-17(13-26)19-18(12-22-15(2)23-19)11-16-7-4-3-5-8-16/h3-5,7-8,12,17H,6,9-11,13H2,1-2H3. The molecule has 1 amide bonds. The Morgan fingerprint density at radius 3 is 2.82 bits per heavy atom. The molecule has 144 valence electrons. The largest absolute Gasteiger partial charge is 0.337 e. The van der Waals surface area contributed by atoms with E-state index in [0.717, 1.165) is 42.9 Å². The Labute approximate surface area is 168 Å². The molecule has 3 aromatic rings. The number of rotatable bonds is 4. The predicted octanol–water partition coefficient (Wildman–Crippen LogP) is 3.56. The van der Waals surface area contributed by atoms with Gasteiger partial charge in [-0.05, 0) is 49.3 Å². The third kappa shape index (κ3) is 3.94. The number of hydrogen-bond donors (Lipinski definition) is 0. The number of aromatic nitrogens is 4. The SMILES string of the molecule is Cc1ncc(Cc2ccccc2)c(C2CCCN(C(=O)c3snnc3C)C2)n1. The number of carbonyl (C=O) groups excluding carboxylic acids is 1. The molecule has 2 aromatic heterocycles. The van der Waals surface area contributed by atoms with Crippen LogP contribution in [0, 0.1) is 13.8 Å². The van der Waals surface area contributed by atoms with Crippen molar-refractivity contribution in [2.45, 2.75) is 39.0 Å². The second kappa shape index (κ2) is 8.14. The molecule has 0 saturated carbocycles. The number of benzene rings is 1. The van der Waals surface area contributed by atoms with Crippen LogP contribution in [0.4, 0.5) is 0 Å². The first-order valence-corrected chi connectivity index (χ1v) is 10.3. The molecule has 0 bridgehead atoms. The molecule has 1 fully saturated rings. The van der Waals surface area contributed by atoms with Gasteiger partial charge in [-0.2, -0.15) is 0 Å². The number of carbonyl (C=O) groups is 1. The average Bonchev–Trinajstić information content (AvgIpc) is 3.15. The van der Waals surface area contributed by atoms with Gasteiger partial charge in [0.2, 0.25) is 0 Å². The Bertz CT molecular complexity index is 972. The minimum Gasteiger partial charge on any atom is -0.337 e. The number of hydrogen-bond acceptors (Lipinski definition) is 6. The van der Waals surface area contributed by atoms with Gasteiger partial charge in [-0.15, -0.1) is 5.10 Å². The Morgan fingerprint density at radius 2 is 2.07 bits per heavy atom. The zero-order valence-corrected chi connectivity index (χ0v) is 16.9. The van der Waals surface area contributed by atoms with Gasteiger partial charge in [-0.3, -0.25) is 4.79 Å². The fourth-order valence-corrected chi connectivity index (χ4v) is 4.40. The van der Waals surface area contributed by atoms with Crippen LogP contribution in [-0.2, 0) is 6.42 Å². The van der Waals surface area contributed by atoms with E-state index in [-0.39, 0.29) is 11.8 Å². The number of nitrogens with zero attached hydrogens (tertiary/aromatic N) is 5. The van der Waals surface area contributed by atoms with Crippen LogP contribution in [-0.4, -0.2) is 43.5 Å². The van der Waals surface area contributed by atoms with Crippen LogP contribution < -0.4 is 0 Å². The maximum absolute atomic E-state index is 12.9. The summed E-state index contributed by atoms with van der Waals surface area (Å²) in [4.78, 5) is 24.7. The molecule has 7 heteroatoms. The number of likely N-dealkylation sites (tertiary alicyclic amines) is 1. The summed E-state index contributed by atoms with van der Waals surface area (Å²) in [6, 6.07) is 10.4. The zero-order valence-electron chi connectivity index (χ0n) is 16.1. The van der Waals surface area contributed by atoms with Gasteiger partial charge in [0, 0.05) is 31.6 Å². The van der Waals surface area contributed by atoms with Gasteiger partial charge in [0.05, 0.1) is 11.4 Å². The first-order valence-electron chi connectivity index (χ1n) is 9.56. The van der Waals surface area contributed by atoms with E-state index in [9.17, 15) is 4.79 Å². The van der Waals surface area contributed by atoms with E-state index in [1.165, 1.54) is 17.1 Å². The lowest BCUT2D eigenvalue weighted by Crippen LogP contribution is -2.39. The summed E-state index contributed by atoms with van der Waals surface area (Å²) >= 11 is 1.18. The molecule has 1 saturated heterocycles. The zero-order chi connectivity index (χ0) is 19.5. The van der Waals surface area contributed by atoms with Crippen molar-refractivity contribution in [3.8, 4) is 0 Å². The van der Waals surface area contributed by atoms with Gasteiger partial charge in [-0.25, -0.2) is 9.97 Å². The van der Waals surface area contributed by atoms with Gasteiger partial charge in [0.25, 0.3) is 5.91 Å². The minimum atomic E-state index is 0.0348. The van der Waals surface area contributed by atoms with Crippen LogP contribution >= 0.6 is 11.5 Å². The minimum absolute atomic E-state index is 0.0348. The monoisotopic (exact) mass is 393 g/mol. The Hall–Kier alpha value is -2.67. The van der Waals surface area contributed by atoms with E-state index in [1.54, 1.807) is 0 Å². The Morgan fingerprint density at radius 1 is 1.25 bits per heavy atom. The van der Waals surface area contributed by atoms with E-state index in [4.69, 9.17) is 4.98 Å². The molecule has 0 spiro atoms. The van der Waals surface area contributed by atoms with Gasteiger partial charge >= 0.3 is 0 Å². The fourth-order valence-electron chi connectivity index (χ4n) is 3.77. The summed E-state index contributed by atoms with van der Waals surface area (Å²) in [5.41, 5.74) is 4.17. The summed E-state index contributed by atoms with van der Waals surface area (Å²) in [6.45, 7) is 5.21. The first-order chi connectivity index (χ1) is 13.6. The first kappa shape index (κ1) is 18.7. The third-order valence-electron chi connectivity index (χ3n) is 5.20. The maximum Gasteiger partial charge on any atom is 0.267 e. The van der Waals surface area contributed by atoms with Crippen LogP contribution in [0.15, 0.2) is 36.5 Å². The number of aryl methyl sites for hydroxylation is 2. The Balaban J connectivity index is 1.59. The van der Waals surface area contributed by atoms with Crippen molar-refractivity contribution in [2.24, 2.45) is 0 Å². The highest BCUT2D eigenvalue weighted by Crippen LogP contribution is 2.30. The van der Waals surface area contributed by atoms with E-state index >= 15 is 0 Å². The average molecular weight is 394 g/mol. The number of amides is 1. The highest BCUT2D eigenvalue weighted by Gasteiger charge is 2.29. The van der Waals surface area contributed by atoms with Crippen molar-refractivity contribution < 1.29 is 4.79 Å². The Kier molecular flexibility index (Phi) is 5.43. The normalized spacial score (nSPS) is 16.9. The molecule has 0 N–H and O–H groups in total. The van der Waals surface area contributed by atoms with Crippen LogP contribution in [0.1, 0.15) is 56.8 Å². The lowest BCUT2D eigenvalue weighted by Gasteiger charge is -2.33. The summed E-state index contributed by atoms with van der Waals surface area (Å²) < 4.78 is 3.91. The maximum atomic E-state index is 12.9. The van der Waals surface area contributed by atoms with Crippen molar-refractivity contribution in [3.05, 3.63) is 69.7 Å². The molecule has 0 radical (unpaired) electrons. The molecule has 4 rings (SSSR count). The molecule has 1 aliphatic rings. The molecular weight excluding hydrogens is 370 g/mol. The lowest BCUT2D eigenvalue weighted by molar-refractivity contribution is 0.0709. The summed E-state index contributed by atoms with van der Waals surface area (Å²) in [7, 11) is 0. The van der Waals surface area contributed by atoms with Crippen molar-refractivity contribution in [1.82, 2.24) is 24.5 Å². The summed E-state index contributed by atoms with van der Waals surface area (Å²) in [6.07, 6.45) is 4.75. The molecule has 1 aromatic carbocycles. The van der Waals surface area contributed by atoms with E-state index in [1.807, 2.05) is 31.0 Å². The number of piperidine rings is 1. The van der Waals surface area contributed by atoms with E-state index in [0.29, 0.717) is 17.1 Å². The fraction of sp³-hybridized carbons (Fsp3) is 0.381. The highest BCUT2D eigenvalue weighted by molar-refractivity contribution is 7.07. The quantitative estimate of drug-likeness (QED) is 0.678. The molecule has 3 heterocycles. The van der Waals surface area contributed by atoms with Crippen LogP contribution in [0.25, 0.3) is 0 Å². The smallest absolute Gasteiger partial charge is 0.267 e. The lowest BCUT2D eigenvalue weighted by atomic mass is 9.90. The molecule has 1 aliphatic heterocycles. The second-order valence-corrected chi connectivity index (χ2v) is 8.02. The topological polar surface area (TPSA) is 71.9 Å². The van der Waals surface area contributed by atoms with Crippen LogP contribution in [0.3, 0.4) is 0 Å². The van der Waals surface area contributed by atoms with E-state index < -0.39 is 0 Å². The molecule has 0 aliphatic carbocycles. The van der Waals surface area contributed by atoms with Crippen LogP contribution in [0.2, 0.25) is 0 Å². The molecule has 28 heavy (non-hydrogen) atoms. The van der Waals surface area contributed by atoms with Gasteiger partial charge in [0.15, 0.2) is 0 Å². The summed E-state index contributed by atoms with van der Waals surface area (Å²) in [5, 5.41) is 3.98. The van der Waals surface area contributed by atoms with Crippen LogP contribution in [0.5, 0.6) is 0 Å². The second-order valence-electron chi connectivity index (χ2n) is 7.27.